The van der Waals surface area contributed by atoms with E-state index in [2.05, 4.69) is 29.4 Å². The molecule has 3 nitrogen and oxygen atoms in total. The van der Waals surface area contributed by atoms with E-state index in [1.54, 1.807) is 6.20 Å². The molecule has 0 spiro atoms. The zero-order valence-electron chi connectivity index (χ0n) is 12.7. The molecule has 0 aliphatic heterocycles. The molecule has 0 aliphatic carbocycles. The first kappa shape index (κ1) is 15.2. The van der Waals surface area contributed by atoms with Crippen molar-refractivity contribution in [1.29, 1.82) is 0 Å². The van der Waals surface area contributed by atoms with Crippen molar-refractivity contribution in [2.75, 3.05) is 5.32 Å². The lowest BCUT2D eigenvalue weighted by Gasteiger charge is -2.06. The zero-order valence-corrected chi connectivity index (χ0v) is 12.7. The smallest absolute Gasteiger partial charge is 0.229 e. The Morgan fingerprint density at radius 1 is 1.14 bits per heavy atom. The minimum Gasteiger partial charge on any atom is -0.310 e. The SMILES string of the molecule is CCCCc1ccc(CC(=O)Nc2cc(C)ccn2)cc1. The molecule has 0 radical (unpaired) electrons. The van der Waals surface area contributed by atoms with E-state index in [9.17, 15) is 4.79 Å². The number of pyridine rings is 1. The Hall–Kier alpha value is -2.16. The van der Waals surface area contributed by atoms with Gasteiger partial charge in [-0.05, 0) is 48.6 Å². The van der Waals surface area contributed by atoms with Crippen LogP contribution in [-0.4, -0.2) is 10.9 Å². The molecule has 1 heterocycles. The standard InChI is InChI=1S/C18H22N2O/c1-3-4-5-15-6-8-16(9-7-15)13-18(21)20-17-12-14(2)10-11-19-17/h6-12H,3-5,13H2,1-2H3,(H,19,20,21). The molecule has 2 rings (SSSR count). The third kappa shape index (κ3) is 5.03. The molecule has 1 amide bonds. The van der Waals surface area contributed by atoms with Crippen molar-refractivity contribution in [2.24, 2.45) is 0 Å². The lowest BCUT2D eigenvalue weighted by Crippen LogP contribution is -2.15. The third-order valence-electron chi connectivity index (χ3n) is 3.39. The second-order valence-electron chi connectivity index (χ2n) is 5.36. The first-order valence-electron chi connectivity index (χ1n) is 7.47. The maximum atomic E-state index is 12.0. The molecule has 2 aromatic rings. The summed E-state index contributed by atoms with van der Waals surface area (Å²) in [6.07, 6.45) is 5.60. The summed E-state index contributed by atoms with van der Waals surface area (Å²) in [4.78, 5) is 16.1. The number of carbonyl (C=O) groups is 1. The number of carbonyl (C=O) groups excluding carboxylic acids is 1. The van der Waals surface area contributed by atoms with E-state index in [1.807, 2.05) is 31.2 Å². The predicted molar refractivity (Wildman–Crippen MR) is 86.4 cm³/mol. The number of hydrogen-bond donors (Lipinski definition) is 1. The van der Waals surface area contributed by atoms with E-state index >= 15 is 0 Å². The van der Waals surface area contributed by atoms with Crippen molar-refractivity contribution in [3.8, 4) is 0 Å². The summed E-state index contributed by atoms with van der Waals surface area (Å²) in [6.45, 7) is 4.17. The van der Waals surface area contributed by atoms with Crippen LogP contribution in [0.4, 0.5) is 5.82 Å². The third-order valence-corrected chi connectivity index (χ3v) is 3.39. The highest BCUT2D eigenvalue weighted by molar-refractivity contribution is 5.91. The summed E-state index contributed by atoms with van der Waals surface area (Å²) in [7, 11) is 0. The van der Waals surface area contributed by atoms with Gasteiger partial charge < -0.3 is 5.32 Å². The molecule has 0 unspecified atom stereocenters. The van der Waals surface area contributed by atoms with Crippen molar-refractivity contribution in [1.82, 2.24) is 4.98 Å². The zero-order chi connectivity index (χ0) is 15.1. The van der Waals surface area contributed by atoms with E-state index in [-0.39, 0.29) is 5.91 Å². The lowest BCUT2D eigenvalue weighted by molar-refractivity contribution is -0.115. The number of hydrogen-bond acceptors (Lipinski definition) is 2. The van der Waals surface area contributed by atoms with E-state index in [0.29, 0.717) is 12.2 Å². The van der Waals surface area contributed by atoms with E-state index in [1.165, 1.54) is 18.4 Å². The number of nitrogens with one attached hydrogen (secondary N) is 1. The monoisotopic (exact) mass is 282 g/mol. The van der Waals surface area contributed by atoms with Crippen molar-refractivity contribution >= 4 is 11.7 Å². The van der Waals surface area contributed by atoms with Crippen LogP contribution in [0, 0.1) is 6.92 Å². The van der Waals surface area contributed by atoms with Gasteiger partial charge in [-0.15, -0.1) is 0 Å². The number of amides is 1. The highest BCUT2D eigenvalue weighted by atomic mass is 16.1. The number of unbranched alkanes of at least 4 members (excludes halogenated alkanes) is 1. The Morgan fingerprint density at radius 2 is 1.86 bits per heavy atom. The summed E-state index contributed by atoms with van der Waals surface area (Å²) in [5.74, 6) is 0.578. The van der Waals surface area contributed by atoms with Gasteiger partial charge in [-0.1, -0.05) is 37.6 Å². The fraction of sp³-hybridized carbons (Fsp3) is 0.333. The van der Waals surface area contributed by atoms with Crippen LogP contribution in [0.2, 0.25) is 0 Å². The Balaban J connectivity index is 1.90. The maximum absolute atomic E-state index is 12.0. The number of rotatable bonds is 6. The van der Waals surface area contributed by atoms with Crippen LogP contribution in [0.3, 0.4) is 0 Å². The van der Waals surface area contributed by atoms with E-state index < -0.39 is 0 Å². The summed E-state index contributed by atoms with van der Waals surface area (Å²) in [6, 6.07) is 12.1. The van der Waals surface area contributed by atoms with Crippen LogP contribution < -0.4 is 5.32 Å². The highest BCUT2D eigenvalue weighted by Gasteiger charge is 2.05. The number of aromatic nitrogens is 1. The van der Waals surface area contributed by atoms with Crippen LogP contribution in [0.15, 0.2) is 42.6 Å². The van der Waals surface area contributed by atoms with Crippen molar-refractivity contribution in [3.05, 3.63) is 59.3 Å². The van der Waals surface area contributed by atoms with Gasteiger partial charge in [0.15, 0.2) is 0 Å². The molecule has 0 atom stereocenters. The second-order valence-corrected chi connectivity index (χ2v) is 5.36. The van der Waals surface area contributed by atoms with Crippen LogP contribution in [-0.2, 0) is 17.6 Å². The molecule has 110 valence electrons. The number of benzene rings is 1. The van der Waals surface area contributed by atoms with Gasteiger partial charge in [0.2, 0.25) is 5.91 Å². The fourth-order valence-corrected chi connectivity index (χ4v) is 2.18. The van der Waals surface area contributed by atoms with Gasteiger partial charge in [-0.3, -0.25) is 4.79 Å². The maximum Gasteiger partial charge on any atom is 0.229 e. The van der Waals surface area contributed by atoms with Crippen LogP contribution in [0.5, 0.6) is 0 Å². The molecule has 0 aliphatic rings. The highest BCUT2D eigenvalue weighted by Crippen LogP contribution is 2.10. The van der Waals surface area contributed by atoms with Crippen LogP contribution >= 0.6 is 0 Å². The van der Waals surface area contributed by atoms with Gasteiger partial charge in [-0.2, -0.15) is 0 Å². The topological polar surface area (TPSA) is 42.0 Å². The van der Waals surface area contributed by atoms with Crippen molar-refractivity contribution < 1.29 is 4.79 Å². The molecule has 1 N–H and O–H groups in total. The average molecular weight is 282 g/mol. The minimum atomic E-state index is -0.0330. The molecule has 0 fully saturated rings. The van der Waals surface area contributed by atoms with Gasteiger partial charge in [0.05, 0.1) is 6.42 Å². The van der Waals surface area contributed by atoms with Gasteiger partial charge in [-0.25, -0.2) is 4.98 Å². The van der Waals surface area contributed by atoms with Gasteiger partial charge in [0, 0.05) is 6.20 Å². The molecule has 21 heavy (non-hydrogen) atoms. The van der Waals surface area contributed by atoms with Crippen molar-refractivity contribution in [3.63, 3.8) is 0 Å². The van der Waals surface area contributed by atoms with Crippen LogP contribution in [0.1, 0.15) is 36.5 Å². The van der Waals surface area contributed by atoms with Crippen LogP contribution in [0.25, 0.3) is 0 Å². The largest absolute Gasteiger partial charge is 0.310 e. The predicted octanol–water partition coefficient (Wildman–Crippen LogP) is 3.91. The number of nitrogens with zero attached hydrogens (tertiary/aromatic N) is 1. The summed E-state index contributed by atoms with van der Waals surface area (Å²) in [5.41, 5.74) is 3.45. The Kier molecular flexibility index (Phi) is 5.50. The minimum absolute atomic E-state index is 0.0330. The molecule has 0 saturated heterocycles. The Labute approximate surface area is 126 Å². The lowest BCUT2D eigenvalue weighted by atomic mass is 10.0. The molecule has 1 aromatic heterocycles. The van der Waals surface area contributed by atoms with Gasteiger partial charge >= 0.3 is 0 Å². The molecule has 1 aromatic carbocycles. The quantitative estimate of drug-likeness (QED) is 0.872. The average Bonchev–Trinajstić information content (AvgIpc) is 2.46. The first-order chi connectivity index (χ1) is 10.2. The van der Waals surface area contributed by atoms with Gasteiger partial charge in [0.1, 0.15) is 5.82 Å². The molecule has 0 saturated carbocycles. The Morgan fingerprint density at radius 3 is 2.52 bits per heavy atom. The number of aryl methyl sites for hydroxylation is 2. The van der Waals surface area contributed by atoms with Gasteiger partial charge in [0.25, 0.3) is 0 Å². The fourth-order valence-electron chi connectivity index (χ4n) is 2.18. The second kappa shape index (κ2) is 7.58. The molecule has 3 heteroatoms. The first-order valence-corrected chi connectivity index (χ1v) is 7.47. The molecular formula is C18H22N2O. The van der Waals surface area contributed by atoms with E-state index in [4.69, 9.17) is 0 Å². The summed E-state index contributed by atoms with van der Waals surface area (Å²) >= 11 is 0. The molecule has 0 bridgehead atoms. The van der Waals surface area contributed by atoms with E-state index in [0.717, 1.165) is 17.5 Å². The summed E-state index contributed by atoms with van der Waals surface area (Å²) < 4.78 is 0. The normalized spacial score (nSPS) is 10.4. The Bertz CT molecular complexity index is 590. The molecular weight excluding hydrogens is 260 g/mol. The number of anilines is 1. The summed E-state index contributed by atoms with van der Waals surface area (Å²) in [5, 5.41) is 2.83. The van der Waals surface area contributed by atoms with Crippen molar-refractivity contribution in [2.45, 2.75) is 39.5 Å².